The molecule has 1 aliphatic heterocycles. The van der Waals surface area contributed by atoms with E-state index in [0.717, 1.165) is 17.7 Å². The van der Waals surface area contributed by atoms with E-state index in [-0.39, 0.29) is 10.6 Å². The molecular weight excluding hydrogens is 461 g/mol. The third kappa shape index (κ3) is 4.61. The van der Waals surface area contributed by atoms with E-state index in [1.807, 2.05) is 0 Å². The number of alkyl halides is 3. The van der Waals surface area contributed by atoms with Gasteiger partial charge in [-0.15, -0.1) is 0 Å². The molecular formula is C18H18BrF3N2O3S. The van der Waals surface area contributed by atoms with E-state index in [4.69, 9.17) is 4.74 Å². The summed E-state index contributed by atoms with van der Waals surface area (Å²) in [5, 5.41) is 0. The van der Waals surface area contributed by atoms with Gasteiger partial charge in [-0.3, -0.25) is 4.72 Å². The Morgan fingerprint density at radius 1 is 1.11 bits per heavy atom. The zero-order valence-electron chi connectivity index (χ0n) is 14.9. The number of benzene rings is 2. The van der Waals surface area contributed by atoms with Gasteiger partial charge in [0.05, 0.1) is 30.2 Å². The Hall–Kier alpha value is -1.78. The van der Waals surface area contributed by atoms with Gasteiger partial charge in [0.15, 0.2) is 0 Å². The van der Waals surface area contributed by atoms with Crippen molar-refractivity contribution in [3.8, 4) is 0 Å². The molecule has 0 aromatic heterocycles. The van der Waals surface area contributed by atoms with Crippen LogP contribution in [-0.4, -0.2) is 34.7 Å². The zero-order chi connectivity index (χ0) is 20.5. The fourth-order valence-electron chi connectivity index (χ4n) is 2.90. The number of rotatable bonds is 4. The van der Waals surface area contributed by atoms with Crippen LogP contribution in [0, 0.1) is 6.92 Å². The molecule has 0 spiro atoms. The first-order valence-corrected chi connectivity index (χ1v) is 10.7. The first-order chi connectivity index (χ1) is 13.1. The van der Waals surface area contributed by atoms with Gasteiger partial charge in [-0.05, 0) is 58.7 Å². The average Bonchev–Trinajstić information content (AvgIpc) is 2.61. The second-order valence-electron chi connectivity index (χ2n) is 6.37. The van der Waals surface area contributed by atoms with Crippen LogP contribution in [0.25, 0.3) is 0 Å². The molecule has 1 fully saturated rings. The molecule has 0 saturated carbocycles. The number of nitrogens with zero attached hydrogens (tertiary/aromatic N) is 1. The summed E-state index contributed by atoms with van der Waals surface area (Å²) in [6.07, 6.45) is -4.59. The Labute approximate surface area is 169 Å². The van der Waals surface area contributed by atoms with Crippen LogP contribution in [0.15, 0.2) is 45.8 Å². The Kier molecular flexibility index (Phi) is 5.92. The molecule has 10 heteroatoms. The number of sulfonamides is 1. The lowest BCUT2D eigenvalue weighted by molar-refractivity contribution is -0.137. The summed E-state index contributed by atoms with van der Waals surface area (Å²) >= 11 is 3.21. The fourth-order valence-corrected chi connectivity index (χ4v) is 5.16. The molecule has 2 aromatic rings. The molecule has 0 aliphatic carbocycles. The normalized spacial score (nSPS) is 15.5. The molecule has 1 saturated heterocycles. The summed E-state index contributed by atoms with van der Waals surface area (Å²) in [4.78, 5) is 1.74. The van der Waals surface area contributed by atoms with E-state index in [2.05, 4.69) is 20.7 Å². The fraction of sp³-hybridized carbons (Fsp3) is 0.333. The van der Waals surface area contributed by atoms with Gasteiger partial charge >= 0.3 is 6.18 Å². The predicted molar refractivity (Wildman–Crippen MR) is 104 cm³/mol. The standard InChI is InChI=1S/C18H18BrF3N2O3S/c1-12-2-5-17(14(19)10-12)28(25,26)23-15-11-13(18(20,21)22)3-4-16(15)24-6-8-27-9-7-24/h2-5,10-11,23H,6-9H2,1H3. The van der Waals surface area contributed by atoms with E-state index in [1.165, 1.54) is 12.1 Å². The molecule has 0 atom stereocenters. The maximum atomic E-state index is 13.2. The second-order valence-corrected chi connectivity index (χ2v) is 8.87. The maximum Gasteiger partial charge on any atom is 0.416 e. The minimum atomic E-state index is -4.59. The summed E-state index contributed by atoms with van der Waals surface area (Å²) in [5.41, 5.74) is 0.177. The molecule has 2 aromatic carbocycles. The van der Waals surface area contributed by atoms with E-state index < -0.39 is 21.8 Å². The van der Waals surface area contributed by atoms with Gasteiger partial charge in [-0.1, -0.05) is 6.07 Å². The SMILES string of the molecule is Cc1ccc(S(=O)(=O)Nc2cc(C(F)(F)F)ccc2N2CCOCC2)c(Br)c1. The van der Waals surface area contributed by atoms with Crippen molar-refractivity contribution < 1.29 is 26.3 Å². The van der Waals surface area contributed by atoms with Gasteiger partial charge in [0, 0.05) is 17.6 Å². The number of hydrogen-bond acceptors (Lipinski definition) is 4. The number of hydrogen-bond donors (Lipinski definition) is 1. The summed E-state index contributed by atoms with van der Waals surface area (Å²) in [6.45, 7) is 3.54. The molecule has 1 N–H and O–H groups in total. The topological polar surface area (TPSA) is 58.6 Å². The van der Waals surface area contributed by atoms with Crippen LogP contribution in [0.4, 0.5) is 24.5 Å². The smallest absolute Gasteiger partial charge is 0.378 e. The lowest BCUT2D eigenvalue weighted by Gasteiger charge is -2.31. The molecule has 28 heavy (non-hydrogen) atoms. The average molecular weight is 479 g/mol. The van der Waals surface area contributed by atoms with E-state index in [1.54, 1.807) is 24.0 Å². The predicted octanol–water partition coefficient (Wildman–Crippen LogP) is 4.41. The van der Waals surface area contributed by atoms with Crippen LogP contribution in [-0.2, 0) is 20.9 Å². The Balaban J connectivity index is 2.04. The molecule has 0 radical (unpaired) electrons. The molecule has 0 bridgehead atoms. The lowest BCUT2D eigenvalue weighted by Crippen LogP contribution is -2.36. The maximum absolute atomic E-state index is 13.2. The van der Waals surface area contributed by atoms with Crippen molar-refractivity contribution in [1.29, 1.82) is 0 Å². The zero-order valence-corrected chi connectivity index (χ0v) is 17.3. The summed E-state index contributed by atoms with van der Waals surface area (Å²) in [7, 11) is -4.11. The Morgan fingerprint density at radius 3 is 2.39 bits per heavy atom. The van der Waals surface area contributed by atoms with Crippen molar-refractivity contribution in [1.82, 2.24) is 0 Å². The second kappa shape index (κ2) is 7.92. The monoisotopic (exact) mass is 478 g/mol. The van der Waals surface area contributed by atoms with Crippen LogP contribution in [0.2, 0.25) is 0 Å². The van der Waals surface area contributed by atoms with Gasteiger partial charge in [-0.25, -0.2) is 8.42 Å². The van der Waals surface area contributed by atoms with Gasteiger partial charge in [0.2, 0.25) is 0 Å². The van der Waals surface area contributed by atoms with E-state index >= 15 is 0 Å². The van der Waals surface area contributed by atoms with Gasteiger partial charge in [-0.2, -0.15) is 13.2 Å². The Morgan fingerprint density at radius 2 is 1.79 bits per heavy atom. The van der Waals surface area contributed by atoms with Gasteiger partial charge in [0.25, 0.3) is 10.0 Å². The van der Waals surface area contributed by atoms with Gasteiger partial charge in [0.1, 0.15) is 4.90 Å². The molecule has 0 unspecified atom stereocenters. The molecule has 152 valence electrons. The van der Waals surface area contributed by atoms with Crippen LogP contribution >= 0.6 is 15.9 Å². The van der Waals surface area contributed by atoms with Crippen molar-refractivity contribution in [2.45, 2.75) is 18.0 Å². The van der Waals surface area contributed by atoms with Crippen LogP contribution < -0.4 is 9.62 Å². The number of halogens is 4. The van der Waals surface area contributed by atoms with Crippen LogP contribution in [0.3, 0.4) is 0 Å². The van der Waals surface area contributed by atoms with Crippen molar-refractivity contribution in [2.75, 3.05) is 35.9 Å². The van der Waals surface area contributed by atoms with Crippen LogP contribution in [0.1, 0.15) is 11.1 Å². The number of anilines is 2. The first-order valence-electron chi connectivity index (χ1n) is 8.41. The number of aryl methyl sites for hydroxylation is 1. The highest BCUT2D eigenvalue weighted by Gasteiger charge is 2.32. The summed E-state index contributed by atoms with van der Waals surface area (Å²) in [5.74, 6) is 0. The minimum Gasteiger partial charge on any atom is -0.378 e. The largest absolute Gasteiger partial charge is 0.416 e. The first kappa shape index (κ1) is 20.9. The Bertz CT molecular complexity index is 975. The number of ether oxygens (including phenoxy) is 1. The highest BCUT2D eigenvalue weighted by molar-refractivity contribution is 9.10. The lowest BCUT2D eigenvalue weighted by atomic mass is 10.1. The highest BCUT2D eigenvalue weighted by Crippen LogP contribution is 2.37. The third-order valence-electron chi connectivity index (χ3n) is 4.30. The van der Waals surface area contributed by atoms with Crippen molar-refractivity contribution in [3.63, 3.8) is 0 Å². The minimum absolute atomic E-state index is 0.0524. The van der Waals surface area contributed by atoms with Crippen LogP contribution in [0.5, 0.6) is 0 Å². The molecule has 1 aliphatic rings. The summed E-state index contributed by atoms with van der Waals surface area (Å²) in [6, 6.07) is 7.71. The van der Waals surface area contributed by atoms with Crippen molar-refractivity contribution in [3.05, 3.63) is 52.0 Å². The van der Waals surface area contributed by atoms with Crippen molar-refractivity contribution >= 4 is 37.3 Å². The van der Waals surface area contributed by atoms with E-state index in [0.29, 0.717) is 36.5 Å². The quantitative estimate of drug-likeness (QED) is 0.706. The van der Waals surface area contributed by atoms with E-state index in [9.17, 15) is 21.6 Å². The molecule has 1 heterocycles. The molecule has 5 nitrogen and oxygen atoms in total. The molecule has 3 rings (SSSR count). The number of morpholine rings is 1. The van der Waals surface area contributed by atoms with Gasteiger partial charge < -0.3 is 9.64 Å². The third-order valence-corrected chi connectivity index (χ3v) is 6.64. The summed E-state index contributed by atoms with van der Waals surface area (Å²) < 4.78 is 73.2. The highest BCUT2D eigenvalue weighted by atomic mass is 79.9. The molecule has 0 amide bonds. The van der Waals surface area contributed by atoms with Crippen molar-refractivity contribution in [2.24, 2.45) is 0 Å². The number of nitrogens with one attached hydrogen (secondary N) is 1.